The van der Waals surface area contributed by atoms with Crippen LogP contribution in [0.1, 0.15) is 46.5 Å². The molecule has 144 valence electrons. The van der Waals surface area contributed by atoms with Gasteiger partial charge in [0.05, 0.1) is 29.8 Å². The number of rotatable bonds is 2. The molecule has 0 aromatic carbocycles. The van der Waals surface area contributed by atoms with Crippen molar-refractivity contribution in [1.29, 1.82) is 0 Å². The first-order valence-corrected chi connectivity index (χ1v) is 9.87. The van der Waals surface area contributed by atoms with E-state index >= 15 is 0 Å². The monoisotopic (exact) mass is 362 g/mol. The molecule has 0 radical (unpaired) electrons. The molecule has 0 bridgehead atoms. The highest BCUT2D eigenvalue weighted by molar-refractivity contribution is 5.96. The van der Waals surface area contributed by atoms with Gasteiger partial charge in [0, 0.05) is 37.4 Å². The van der Waals surface area contributed by atoms with Crippen LogP contribution >= 0.6 is 0 Å². The summed E-state index contributed by atoms with van der Waals surface area (Å²) in [6.07, 6.45) is 2.34. The van der Waals surface area contributed by atoms with Gasteiger partial charge < -0.3 is 19.3 Å². The summed E-state index contributed by atoms with van der Waals surface area (Å²) in [7, 11) is 3.32. The highest BCUT2D eigenvalue weighted by atomic mass is 16.5. The maximum Gasteiger partial charge on any atom is 0.174 e. The fourth-order valence-electron chi connectivity index (χ4n) is 8.08. The number of methoxy groups -OCH3 is 2. The van der Waals surface area contributed by atoms with Crippen molar-refractivity contribution >= 4 is 5.78 Å². The van der Waals surface area contributed by atoms with Crippen molar-refractivity contribution in [3.63, 3.8) is 0 Å². The number of aliphatic hydroxyl groups is 1. The fraction of sp³-hybridized carbons (Fsp3) is 0.857. The smallest absolute Gasteiger partial charge is 0.174 e. The third-order valence-corrected chi connectivity index (χ3v) is 9.43. The minimum absolute atomic E-state index is 0.129. The summed E-state index contributed by atoms with van der Waals surface area (Å²) in [6, 6.07) is 0. The Morgan fingerprint density at radius 2 is 1.96 bits per heavy atom. The van der Waals surface area contributed by atoms with Gasteiger partial charge >= 0.3 is 0 Å². The zero-order chi connectivity index (χ0) is 18.7. The number of Topliss-reactive ketones (excluding diaryl/α,β-unsaturated/α-hetero) is 1. The largest absolute Gasteiger partial charge is 0.389 e. The molecule has 5 rings (SSSR count). The molecule has 1 saturated heterocycles. The molecule has 26 heavy (non-hydrogen) atoms. The minimum Gasteiger partial charge on any atom is -0.389 e. The maximum absolute atomic E-state index is 13.9. The third kappa shape index (κ3) is 1.38. The Hall–Kier alpha value is -0.750. The molecule has 4 aliphatic carbocycles. The lowest BCUT2D eigenvalue weighted by Crippen LogP contribution is -2.88. The topological polar surface area (TPSA) is 65.0 Å². The lowest BCUT2D eigenvalue weighted by Gasteiger charge is -2.83. The van der Waals surface area contributed by atoms with E-state index in [0.29, 0.717) is 18.9 Å². The van der Waals surface area contributed by atoms with E-state index in [9.17, 15) is 9.90 Å². The second-order valence-electron chi connectivity index (χ2n) is 9.62. The summed E-state index contributed by atoms with van der Waals surface area (Å²) in [5.74, 6) is 0.430. The van der Waals surface area contributed by atoms with Crippen LogP contribution in [0.4, 0.5) is 0 Å². The Kier molecular flexibility index (Phi) is 3.21. The van der Waals surface area contributed by atoms with E-state index in [-0.39, 0.29) is 23.4 Å². The standard InChI is InChI=1S/C21H30O5/c1-11-6-7-20(23)10-21-12-9-26-13(12)8-14(24-4)18(21,2)17(22)16(25-5)15(11)19(20,21)3/h12-14,16,23H,6-10H2,1-5H3/t12-,13?,14?,16?,18?,19+,20-,21?/m1/s1. The Balaban J connectivity index is 1.82. The number of fused-ring (bicyclic) bond motifs is 1. The molecule has 5 nitrogen and oxygen atoms in total. The summed E-state index contributed by atoms with van der Waals surface area (Å²) in [5.41, 5.74) is 0.0425. The molecule has 5 aliphatic rings. The predicted octanol–water partition coefficient (Wildman–Crippen LogP) is 2.26. The highest BCUT2D eigenvalue weighted by Gasteiger charge is 2.88. The molecule has 1 heterocycles. The number of hydrogen-bond acceptors (Lipinski definition) is 5. The van der Waals surface area contributed by atoms with Gasteiger partial charge in [0.15, 0.2) is 5.78 Å². The summed E-state index contributed by atoms with van der Waals surface area (Å²) in [5, 5.41) is 11.7. The molecule has 1 aliphatic heterocycles. The van der Waals surface area contributed by atoms with Crippen LogP contribution in [0.15, 0.2) is 11.1 Å². The Morgan fingerprint density at radius 1 is 1.23 bits per heavy atom. The van der Waals surface area contributed by atoms with E-state index in [1.165, 1.54) is 5.57 Å². The van der Waals surface area contributed by atoms with E-state index in [2.05, 4.69) is 20.8 Å². The van der Waals surface area contributed by atoms with Crippen molar-refractivity contribution in [2.45, 2.75) is 70.4 Å². The van der Waals surface area contributed by atoms with Crippen LogP contribution in [0, 0.1) is 22.2 Å². The van der Waals surface area contributed by atoms with Crippen molar-refractivity contribution in [2.75, 3.05) is 20.8 Å². The molecular formula is C21H30O5. The van der Waals surface area contributed by atoms with Crippen LogP contribution in [-0.4, -0.2) is 55.6 Å². The summed E-state index contributed by atoms with van der Waals surface area (Å²) in [6.45, 7) is 7.06. The van der Waals surface area contributed by atoms with Crippen molar-refractivity contribution in [3.05, 3.63) is 11.1 Å². The van der Waals surface area contributed by atoms with Gasteiger partial charge in [0.25, 0.3) is 0 Å². The van der Waals surface area contributed by atoms with Crippen molar-refractivity contribution in [1.82, 2.24) is 0 Å². The zero-order valence-corrected chi connectivity index (χ0v) is 16.4. The summed E-state index contributed by atoms with van der Waals surface area (Å²) in [4.78, 5) is 13.9. The first-order chi connectivity index (χ1) is 12.2. The quantitative estimate of drug-likeness (QED) is 0.764. The highest BCUT2D eigenvalue weighted by Crippen LogP contribution is 2.84. The molecule has 0 aromatic heterocycles. The number of allylic oxidation sites excluding steroid dienone is 1. The molecule has 1 spiro atoms. The second-order valence-corrected chi connectivity index (χ2v) is 9.62. The number of carbonyl (C=O) groups is 1. The SMILES string of the molecule is COC1C(=O)C2(C)C(OC)CC3OC[C@H]3C23C[C@]2(O)CCC(C)=C1[C@]32C. The van der Waals surface area contributed by atoms with Gasteiger partial charge in [-0.15, -0.1) is 0 Å². The average molecular weight is 362 g/mol. The first kappa shape index (κ1) is 17.4. The van der Waals surface area contributed by atoms with Gasteiger partial charge in [-0.25, -0.2) is 0 Å². The predicted molar refractivity (Wildman–Crippen MR) is 94.6 cm³/mol. The van der Waals surface area contributed by atoms with Crippen molar-refractivity contribution in [2.24, 2.45) is 22.2 Å². The van der Waals surface area contributed by atoms with Crippen LogP contribution in [0.2, 0.25) is 0 Å². The first-order valence-electron chi connectivity index (χ1n) is 9.87. The van der Waals surface area contributed by atoms with Crippen molar-refractivity contribution in [3.8, 4) is 0 Å². The molecule has 0 amide bonds. The normalized spacial score (nSPS) is 57.5. The number of ketones is 1. The van der Waals surface area contributed by atoms with E-state index in [1.54, 1.807) is 14.2 Å². The summed E-state index contributed by atoms with van der Waals surface area (Å²) >= 11 is 0. The van der Waals surface area contributed by atoms with Gasteiger partial charge in [-0.3, -0.25) is 4.79 Å². The van der Waals surface area contributed by atoms with Crippen LogP contribution in [0.3, 0.4) is 0 Å². The van der Waals surface area contributed by atoms with Gasteiger partial charge in [-0.1, -0.05) is 12.5 Å². The van der Waals surface area contributed by atoms with E-state index in [4.69, 9.17) is 14.2 Å². The van der Waals surface area contributed by atoms with Gasteiger partial charge in [0.1, 0.15) is 6.10 Å². The van der Waals surface area contributed by atoms with Gasteiger partial charge in [0.2, 0.25) is 0 Å². The van der Waals surface area contributed by atoms with E-state index < -0.39 is 22.5 Å². The molecule has 1 N–H and O–H groups in total. The molecule has 4 fully saturated rings. The van der Waals surface area contributed by atoms with Crippen LogP contribution < -0.4 is 0 Å². The van der Waals surface area contributed by atoms with Gasteiger partial charge in [-0.05, 0) is 38.7 Å². The lowest BCUT2D eigenvalue weighted by molar-refractivity contribution is -0.387. The van der Waals surface area contributed by atoms with Crippen molar-refractivity contribution < 1.29 is 24.1 Å². The maximum atomic E-state index is 13.9. The minimum atomic E-state index is -0.768. The lowest BCUT2D eigenvalue weighted by atomic mass is 9.22. The van der Waals surface area contributed by atoms with Crippen LogP contribution in [-0.2, 0) is 19.0 Å². The summed E-state index contributed by atoms with van der Waals surface area (Å²) < 4.78 is 17.6. The number of ether oxygens (including phenoxy) is 3. The molecule has 0 aromatic rings. The molecule has 8 atom stereocenters. The molecule has 5 unspecified atom stereocenters. The van der Waals surface area contributed by atoms with E-state index in [0.717, 1.165) is 24.8 Å². The molecular weight excluding hydrogens is 332 g/mol. The average Bonchev–Trinajstić information content (AvgIpc) is 2.58. The fourth-order valence-corrected chi connectivity index (χ4v) is 8.08. The Morgan fingerprint density at radius 3 is 2.54 bits per heavy atom. The third-order valence-electron chi connectivity index (χ3n) is 9.43. The molecule has 3 saturated carbocycles. The Bertz CT molecular complexity index is 730. The second kappa shape index (κ2) is 4.80. The number of carbonyl (C=O) groups excluding carboxylic acids is 1. The molecule has 5 heteroatoms. The van der Waals surface area contributed by atoms with E-state index in [1.807, 2.05) is 0 Å². The number of hydrogen-bond donors (Lipinski definition) is 1. The van der Waals surface area contributed by atoms with Crippen LogP contribution in [0.25, 0.3) is 0 Å². The van der Waals surface area contributed by atoms with Crippen LogP contribution in [0.5, 0.6) is 0 Å². The van der Waals surface area contributed by atoms with Gasteiger partial charge in [-0.2, -0.15) is 0 Å². The zero-order valence-electron chi connectivity index (χ0n) is 16.4. The Labute approximate surface area is 155 Å².